The van der Waals surface area contributed by atoms with Crippen LogP contribution < -0.4 is 0 Å². The van der Waals surface area contributed by atoms with Gasteiger partial charge in [0, 0.05) is 6.61 Å². The van der Waals surface area contributed by atoms with Crippen LogP contribution in [0.2, 0.25) is 0 Å². The third-order valence-electron chi connectivity index (χ3n) is 2.71. The Kier molecular flexibility index (Phi) is 8.47. The molecular formula is C16H28O2. The van der Waals surface area contributed by atoms with Crippen molar-refractivity contribution in [3.63, 3.8) is 0 Å². The molecule has 0 N–H and O–H groups in total. The Morgan fingerprint density at radius 3 is 2.33 bits per heavy atom. The van der Waals surface area contributed by atoms with E-state index in [-0.39, 0.29) is 6.10 Å². The normalized spacial score (nSPS) is 13.1. The minimum Gasteiger partial charge on any atom is -0.489 e. The maximum absolute atomic E-state index is 5.73. The van der Waals surface area contributed by atoms with Gasteiger partial charge in [-0.1, -0.05) is 30.7 Å². The van der Waals surface area contributed by atoms with E-state index in [1.165, 1.54) is 11.1 Å². The highest BCUT2D eigenvalue weighted by Gasteiger charge is 2.06. The van der Waals surface area contributed by atoms with Crippen molar-refractivity contribution in [2.45, 2.75) is 54.1 Å². The number of hydrogen-bond acceptors (Lipinski definition) is 2. The van der Waals surface area contributed by atoms with Gasteiger partial charge in [-0.15, -0.1) is 0 Å². The Labute approximate surface area is 112 Å². The van der Waals surface area contributed by atoms with Crippen molar-refractivity contribution in [2.75, 3.05) is 13.2 Å². The van der Waals surface area contributed by atoms with Crippen LogP contribution in [0.1, 0.15) is 48.0 Å². The summed E-state index contributed by atoms with van der Waals surface area (Å²) in [4.78, 5) is 0. The molecule has 18 heavy (non-hydrogen) atoms. The summed E-state index contributed by atoms with van der Waals surface area (Å²) in [6.45, 7) is 17.8. The minimum absolute atomic E-state index is 0.0411. The summed E-state index contributed by atoms with van der Waals surface area (Å²) in [5.74, 6) is 0.725. The SMILES string of the molecule is C=C(OC(C)COCCC)/C(C)=C\C(C)=C(C)C. The van der Waals surface area contributed by atoms with Crippen LogP contribution in [0, 0.1) is 0 Å². The van der Waals surface area contributed by atoms with Crippen molar-refractivity contribution in [1.29, 1.82) is 0 Å². The van der Waals surface area contributed by atoms with E-state index < -0.39 is 0 Å². The summed E-state index contributed by atoms with van der Waals surface area (Å²) in [5.41, 5.74) is 3.63. The highest BCUT2D eigenvalue weighted by Crippen LogP contribution is 2.15. The molecule has 0 aliphatic carbocycles. The molecule has 0 aliphatic rings. The van der Waals surface area contributed by atoms with Gasteiger partial charge in [-0.2, -0.15) is 0 Å². The maximum Gasteiger partial charge on any atom is 0.119 e. The van der Waals surface area contributed by atoms with Crippen molar-refractivity contribution in [2.24, 2.45) is 0 Å². The predicted octanol–water partition coefficient (Wildman–Crippen LogP) is 4.63. The Hall–Kier alpha value is -1.02. The smallest absolute Gasteiger partial charge is 0.119 e. The van der Waals surface area contributed by atoms with Gasteiger partial charge in [-0.25, -0.2) is 0 Å². The standard InChI is InChI=1S/C16H28O2/c1-8-9-17-11-15(6)18-16(7)14(5)10-13(4)12(2)3/h10,15H,7-9,11H2,1-6H3/b14-10-. The van der Waals surface area contributed by atoms with Gasteiger partial charge in [-0.05, 0) is 46.6 Å². The molecule has 0 aromatic carbocycles. The molecule has 0 saturated carbocycles. The number of hydrogen-bond donors (Lipinski definition) is 0. The first-order valence-corrected chi connectivity index (χ1v) is 6.64. The molecule has 0 saturated heterocycles. The molecule has 1 unspecified atom stereocenters. The Balaban J connectivity index is 4.28. The second-order valence-corrected chi connectivity index (χ2v) is 4.94. The molecule has 0 aliphatic heterocycles. The molecule has 0 spiro atoms. The number of allylic oxidation sites excluding steroid dienone is 4. The van der Waals surface area contributed by atoms with Gasteiger partial charge >= 0.3 is 0 Å². The fraction of sp³-hybridized carbons (Fsp3) is 0.625. The second kappa shape index (κ2) is 8.98. The second-order valence-electron chi connectivity index (χ2n) is 4.94. The van der Waals surface area contributed by atoms with Crippen LogP contribution >= 0.6 is 0 Å². The van der Waals surface area contributed by atoms with E-state index in [4.69, 9.17) is 9.47 Å². The third kappa shape index (κ3) is 7.33. The van der Waals surface area contributed by atoms with Gasteiger partial charge in [0.1, 0.15) is 11.9 Å². The monoisotopic (exact) mass is 252 g/mol. The average molecular weight is 252 g/mol. The fourth-order valence-electron chi connectivity index (χ4n) is 1.31. The van der Waals surface area contributed by atoms with Crippen LogP contribution in [0.5, 0.6) is 0 Å². The van der Waals surface area contributed by atoms with Crippen molar-refractivity contribution in [3.8, 4) is 0 Å². The molecule has 0 amide bonds. The van der Waals surface area contributed by atoms with Crippen molar-refractivity contribution in [1.82, 2.24) is 0 Å². The summed E-state index contributed by atoms with van der Waals surface area (Å²) in [7, 11) is 0. The van der Waals surface area contributed by atoms with Gasteiger partial charge in [-0.3, -0.25) is 0 Å². The molecule has 2 nitrogen and oxygen atoms in total. The van der Waals surface area contributed by atoms with E-state index in [9.17, 15) is 0 Å². The first-order chi connectivity index (χ1) is 8.38. The first-order valence-electron chi connectivity index (χ1n) is 6.64. The molecule has 1 atom stereocenters. The quantitative estimate of drug-likeness (QED) is 0.356. The summed E-state index contributed by atoms with van der Waals surface area (Å²) in [6.07, 6.45) is 3.18. The lowest BCUT2D eigenvalue weighted by molar-refractivity contribution is 0.0285. The molecule has 0 radical (unpaired) electrons. The predicted molar refractivity (Wildman–Crippen MR) is 78.6 cm³/mol. The fourth-order valence-corrected chi connectivity index (χ4v) is 1.31. The third-order valence-corrected chi connectivity index (χ3v) is 2.71. The van der Waals surface area contributed by atoms with E-state index in [1.54, 1.807) is 0 Å². The number of rotatable bonds is 8. The lowest BCUT2D eigenvalue weighted by Gasteiger charge is -2.17. The van der Waals surface area contributed by atoms with Crippen LogP contribution in [-0.4, -0.2) is 19.3 Å². The molecule has 104 valence electrons. The minimum atomic E-state index is 0.0411. The van der Waals surface area contributed by atoms with Crippen LogP contribution in [0.25, 0.3) is 0 Å². The van der Waals surface area contributed by atoms with E-state index in [1.807, 2.05) is 13.8 Å². The Bertz CT molecular complexity index is 320. The van der Waals surface area contributed by atoms with Gasteiger partial charge in [0.25, 0.3) is 0 Å². The summed E-state index contributed by atoms with van der Waals surface area (Å²) >= 11 is 0. The van der Waals surface area contributed by atoms with E-state index >= 15 is 0 Å². The molecule has 0 aromatic rings. The number of ether oxygens (including phenoxy) is 2. The highest BCUT2D eigenvalue weighted by molar-refractivity contribution is 5.32. The summed E-state index contributed by atoms with van der Waals surface area (Å²) in [6, 6.07) is 0. The molecule has 0 aromatic heterocycles. The maximum atomic E-state index is 5.73. The molecule has 0 rings (SSSR count). The van der Waals surface area contributed by atoms with E-state index in [2.05, 4.69) is 40.3 Å². The van der Waals surface area contributed by atoms with Gasteiger partial charge < -0.3 is 9.47 Å². The zero-order valence-electron chi connectivity index (χ0n) is 12.8. The lowest BCUT2D eigenvalue weighted by atomic mass is 10.1. The Morgan fingerprint density at radius 1 is 1.22 bits per heavy atom. The van der Waals surface area contributed by atoms with Gasteiger partial charge in [0.05, 0.1) is 6.61 Å². The van der Waals surface area contributed by atoms with Gasteiger partial charge in [0.2, 0.25) is 0 Å². The summed E-state index contributed by atoms with van der Waals surface area (Å²) < 4.78 is 11.2. The van der Waals surface area contributed by atoms with Crippen LogP contribution in [0.4, 0.5) is 0 Å². The van der Waals surface area contributed by atoms with Crippen molar-refractivity contribution >= 4 is 0 Å². The van der Waals surface area contributed by atoms with Crippen molar-refractivity contribution in [3.05, 3.63) is 35.1 Å². The molecular weight excluding hydrogens is 224 g/mol. The Morgan fingerprint density at radius 2 is 1.83 bits per heavy atom. The van der Waals surface area contributed by atoms with E-state index in [0.29, 0.717) is 6.61 Å². The molecule has 2 heteroatoms. The van der Waals surface area contributed by atoms with Crippen LogP contribution in [0.3, 0.4) is 0 Å². The van der Waals surface area contributed by atoms with Crippen LogP contribution in [0.15, 0.2) is 35.1 Å². The topological polar surface area (TPSA) is 18.5 Å². The first kappa shape index (κ1) is 17.0. The zero-order valence-corrected chi connectivity index (χ0v) is 12.8. The lowest BCUT2D eigenvalue weighted by Crippen LogP contribution is -2.16. The van der Waals surface area contributed by atoms with Crippen molar-refractivity contribution < 1.29 is 9.47 Å². The summed E-state index contributed by atoms with van der Waals surface area (Å²) in [5, 5.41) is 0. The molecule has 0 fully saturated rings. The molecule has 0 bridgehead atoms. The molecule has 0 heterocycles. The highest BCUT2D eigenvalue weighted by atomic mass is 16.5. The largest absolute Gasteiger partial charge is 0.489 e. The van der Waals surface area contributed by atoms with E-state index in [0.717, 1.165) is 24.4 Å². The van der Waals surface area contributed by atoms with Crippen LogP contribution in [-0.2, 0) is 9.47 Å². The average Bonchev–Trinajstić information content (AvgIpc) is 2.28. The van der Waals surface area contributed by atoms with Gasteiger partial charge in [0.15, 0.2) is 0 Å². The zero-order chi connectivity index (χ0) is 14.1.